The Morgan fingerprint density at radius 1 is 1.37 bits per heavy atom. The molecule has 1 saturated heterocycles. The van der Waals surface area contributed by atoms with Gasteiger partial charge in [0.2, 0.25) is 0 Å². The number of imidazole rings is 1. The molecule has 0 unspecified atom stereocenters. The largest absolute Gasteiger partial charge is 0.465 e. The summed E-state index contributed by atoms with van der Waals surface area (Å²) in [5.74, 6) is -0.157. The van der Waals surface area contributed by atoms with Crippen molar-refractivity contribution in [3.8, 4) is 0 Å². The summed E-state index contributed by atoms with van der Waals surface area (Å²) in [7, 11) is -3.33. The lowest BCUT2D eigenvalue weighted by atomic mass is 10.0. The molecule has 0 aliphatic carbocycles. The number of aromatic nitrogens is 4. The van der Waals surface area contributed by atoms with Gasteiger partial charge in [-0.3, -0.25) is 9.36 Å². The fourth-order valence-corrected chi connectivity index (χ4v) is 5.80. The first kappa shape index (κ1) is 22.6. The highest BCUT2D eigenvalue weighted by molar-refractivity contribution is 7.56. The molecule has 12 heteroatoms. The first-order valence-corrected chi connectivity index (χ1v) is 11.8. The molecule has 1 fully saturated rings. The van der Waals surface area contributed by atoms with Crippen LogP contribution >= 0.6 is 7.52 Å². The molecule has 0 amide bonds. The number of hydrogen-bond donors (Lipinski definition) is 1. The molecular formula is C18H29N6O5P. The van der Waals surface area contributed by atoms with E-state index >= 15 is 0 Å². The predicted molar refractivity (Wildman–Crippen MR) is 111 cm³/mol. The Morgan fingerprint density at radius 3 is 2.90 bits per heavy atom. The second kappa shape index (κ2) is 9.82. The van der Waals surface area contributed by atoms with Crippen molar-refractivity contribution < 1.29 is 23.4 Å². The molecule has 1 aliphatic heterocycles. The van der Waals surface area contributed by atoms with E-state index in [1.165, 1.54) is 6.33 Å². The van der Waals surface area contributed by atoms with Gasteiger partial charge in [-0.15, -0.1) is 0 Å². The maximum absolute atomic E-state index is 13.6. The van der Waals surface area contributed by atoms with E-state index in [9.17, 15) is 9.36 Å². The third-order valence-electron chi connectivity index (χ3n) is 4.86. The standard InChI is InChI=1S/C18H29N6O5P/c1-4-28-18(25)15(13(2)3)24-6-5-8-29-30(24,26)12-27-9-7-23-11-22-14-16(19)20-10-21-17(14)23/h10-11,13,15H,4-9,12H2,1-3H3,(H2,19,20,21)/t15-,30-/m1/s1. The summed E-state index contributed by atoms with van der Waals surface area (Å²) in [6.07, 6.45) is 3.57. The average Bonchev–Trinajstić information content (AvgIpc) is 3.12. The van der Waals surface area contributed by atoms with E-state index in [0.717, 1.165) is 0 Å². The van der Waals surface area contributed by atoms with Gasteiger partial charge >= 0.3 is 5.97 Å². The van der Waals surface area contributed by atoms with Gasteiger partial charge in [-0.05, 0) is 19.3 Å². The Hall–Kier alpha value is -2.07. The molecule has 0 aromatic carbocycles. The highest BCUT2D eigenvalue weighted by Gasteiger charge is 2.44. The molecule has 0 saturated carbocycles. The van der Waals surface area contributed by atoms with Crippen LogP contribution in [0, 0.1) is 5.92 Å². The van der Waals surface area contributed by atoms with Crippen molar-refractivity contribution in [2.24, 2.45) is 5.92 Å². The van der Waals surface area contributed by atoms with Crippen molar-refractivity contribution in [1.82, 2.24) is 24.2 Å². The summed E-state index contributed by atoms with van der Waals surface area (Å²) in [6.45, 7) is 7.39. The van der Waals surface area contributed by atoms with E-state index in [2.05, 4.69) is 15.0 Å². The van der Waals surface area contributed by atoms with Crippen molar-refractivity contribution >= 4 is 30.5 Å². The van der Waals surface area contributed by atoms with Crippen LogP contribution in [0.25, 0.3) is 11.2 Å². The molecular weight excluding hydrogens is 411 g/mol. The van der Waals surface area contributed by atoms with Crippen LogP contribution in [-0.2, 0) is 29.9 Å². The summed E-state index contributed by atoms with van der Waals surface area (Å²) in [6, 6.07) is -0.642. The minimum atomic E-state index is -3.33. The van der Waals surface area contributed by atoms with Crippen molar-refractivity contribution in [2.75, 3.05) is 38.4 Å². The number of hydrogen-bond acceptors (Lipinski definition) is 9. The van der Waals surface area contributed by atoms with Crippen molar-refractivity contribution in [2.45, 2.75) is 39.8 Å². The van der Waals surface area contributed by atoms with Crippen molar-refractivity contribution in [3.05, 3.63) is 12.7 Å². The second-order valence-electron chi connectivity index (χ2n) is 7.33. The molecule has 166 valence electrons. The van der Waals surface area contributed by atoms with Crippen LogP contribution in [0.3, 0.4) is 0 Å². The Morgan fingerprint density at radius 2 is 2.17 bits per heavy atom. The minimum absolute atomic E-state index is 0.0819. The van der Waals surface area contributed by atoms with Gasteiger partial charge in [0.1, 0.15) is 24.2 Å². The molecule has 1 aliphatic rings. The first-order chi connectivity index (χ1) is 14.4. The Labute approximate surface area is 175 Å². The van der Waals surface area contributed by atoms with Gasteiger partial charge in [-0.1, -0.05) is 13.8 Å². The van der Waals surface area contributed by atoms with Crippen LogP contribution < -0.4 is 5.73 Å². The highest BCUT2D eigenvalue weighted by Crippen LogP contribution is 2.55. The number of carbonyl (C=O) groups excluding carboxylic acids is 1. The lowest BCUT2D eigenvalue weighted by molar-refractivity contribution is -0.149. The first-order valence-electron chi connectivity index (χ1n) is 10.0. The maximum Gasteiger partial charge on any atom is 0.324 e. The van der Waals surface area contributed by atoms with E-state index in [1.54, 1.807) is 22.5 Å². The topological polar surface area (TPSA) is 135 Å². The molecule has 2 aromatic rings. The number of carbonyl (C=O) groups is 1. The number of esters is 1. The molecule has 2 N–H and O–H groups in total. The fraction of sp³-hybridized carbons (Fsp3) is 0.667. The highest BCUT2D eigenvalue weighted by atomic mass is 31.2. The third-order valence-corrected chi connectivity index (χ3v) is 7.18. The number of nitrogens with two attached hydrogens (primary N) is 1. The average molecular weight is 440 g/mol. The molecule has 2 aromatic heterocycles. The van der Waals surface area contributed by atoms with E-state index in [4.69, 9.17) is 19.7 Å². The van der Waals surface area contributed by atoms with Gasteiger partial charge in [0, 0.05) is 13.1 Å². The van der Waals surface area contributed by atoms with Crippen LogP contribution in [0.1, 0.15) is 27.2 Å². The zero-order valence-corrected chi connectivity index (χ0v) is 18.5. The van der Waals surface area contributed by atoms with Gasteiger partial charge < -0.3 is 24.3 Å². The monoisotopic (exact) mass is 440 g/mol. The van der Waals surface area contributed by atoms with E-state index in [1.807, 2.05) is 13.8 Å². The fourth-order valence-electron chi connectivity index (χ4n) is 3.47. The SMILES string of the molecule is CCOC(=O)[C@@H](C(C)C)N1CCCO[P@]1(=O)COCCn1cnc2c(N)ncnc21. The zero-order valence-electron chi connectivity index (χ0n) is 17.6. The normalized spacial score (nSPS) is 21.2. The summed E-state index contributed by atoms with van der Waals surface area (Å²) in [4.78, 5) is 24.8. The molecule has 3 rings (SSSR count). The number of rotatable bonds is 9. The van der Waals surface area contributed by atoms with Crippen molar-refractivity contribution in [1.29, 1.82) is 0 Å². The molecule has 2 atom stereocenters. The third kappa shape index (κ3) is 4.80. The van der Waals surface area contributed by atoms with E-state index < -0.39 is 13.6 Å². The lowest BCUT2D eigenvalue weighted by Gasteiger charge is -2.40. The van der Waals surface area contributed by atoms with Crippen LogP contribution in [0.5, 0.6) is 0 Å². The van der Waals surface area contributed by atoms with Crippen LogP contribution in [0.4, 0.5) is 5.82 Å². The number of nitrogens with zero attached hydrogens (tertiary/aromatic N) is 5. The van der Waals surface area contributed by atoms with Crippen LogP contribution in [-0.4, -0.2) is 68.9 Å². The second-order valence-corrected chi connectivity index (χ2v) is 9.64. The van der Waals surface area contributed by atoms with Crippen LogP contribution in [0.2, 0.25) is 0 Å². The van der Waals surface area contributed by atoms with E-state index in [0.29, 0.717) is 43.1 Å². The van der Waals surface area contributed by atoms with Gasteiger partial charge in [-0.25, -0.2) is 19.6 Å². The Kier molecular flexibility index (Phi) is 7.41. The molecule has 3 heterocycles. The minimum Gasteiger partial charge on any atom is -0.465 e. The zero-order chi connectivity index (χ0) is 21.7. The van der Waals surface area contributed by atoms with Crippen molar-refractivity contribution in [3.63, 3.8) is 0 Å². The number of fused-ring (bicyclic) bond motifs is 1. The molecule has 0 radical (unpaired) electrons. The van der Waals surface area contributed by atoms with Gasteiger partial charge in [0.25, 0.3) is 7.52 Å². The smallest absolute Gasteiger partial charge is 0.324 e. The Bertz CT molecular complexity index is 920. The van der Waals surface area contributed by atoms with Gasteiger partial charge in [-0.2, -0.15) is 0 Å². The molecule has 0 bridgehead atoms. The van der Waals surface area contributed by atoms with Gasteiger partial charge in [0.05, 0.1) is 26.1 Å². The van der Waals surface area contributed by atoms with E-state index in [-0.39, 0.29) is 31.4 Å². The summed E-state index contributed by atoms with van der Waals surface area (Å²) in [5.41, 5.74) is 6.93. The number of nitrogen functional groups attached to an aromatic ring is 1. The number of anilines is 1. The van der Waals surface area contributed by atoms with Crippen LogP contribution in [0.15, 0.2) is 12.7 Å². The molecule has 11 nitrogen and oxygen atoms in total. The Balaban J connectivity index is 1.65. The molecule has 0 spiro atoms. The number of ether oxygens (including phenoxy) is 2. The summed E-state index contributed by atoms with van der Waals surface area (Å²) >= 11 is 0. The van der Waals surface area contributed by atoms with Gasteiger partial charge in [0.15, 0.2) is 11.5 Å². The maximum atomic E-state index is 13.6. The quantitative estimate of drug-likeness (QED) is 0.350. The predicted octanol–water partition coefficient (Wildman–Crippen LogP) is 1.89. The summed E-state index contributed by atoms with van der Waals surface area (Å²) < 4.78 is 33.6. The summed E-state index contributed by atoms with van der Waals surface area (Å²) in [5, 5.41) is 0. The molecule has 30 heavy (non-hydrogen) atoms. The lowest BCUT2D eigenvalue weighted by Crippen LogP contribution is -2.47.